The summed E-state index contributed by atoms with van der Waals surface area (Å²) in [5, 5.41) is 16.7. The summed E-state index contributed by atoms with van der Waals surface area (Å²) in [6, 6.07) is 13.9. The average Bonchev–Trinajstić information content (AvgIpc) is 3.09. The largest absolute Gasteiger partial charge is 0.513 e. The first-order chi connectivity index (χ1) is 12.9. The van der Waals surface area contributed by atoms with Gasteiger partial charge in [0.25, 0.3) is 0 Å². The van der Waals surface area contributed by atoms with Crippen LogP contribution in [0.15, 0.2) is 63.9 Å². The molecule has 0 spiro atoms. The predicted octanol–water partition coefficient (Wildman–Crippen LogP) is 5.18. The van der Waals surface area contributed by atoms with Gasteiger partial charge in [-0.2, -0.15) is 5.10 Å². The maximum absolute atomic E-state index is 9.91. The standard InChI is InChI=1S/C21H21BrN2O3/c1-13(25)12-21(2)24-19(17-10-15(22)6-9-20(17)27-21)11-18(23-24)14-4-7-16(26-3)8-5-14/h4-10,12,19,25H,11H2,1-3H3/b13-12+. The van der Waals surface area contributed by atoms with E-state index in [-0.39, 0.29) is 11.8 Å². The van der Waals surface area contributed by atoms with Crippen molar-refractivity contribution >= 4 is 21.6 Å². The van der Waals surface area contributed by atoms with Crippen molar-refractivity contribution in [1.29, 1.82) is 0 Å². The summed E-state index contributed by atoms with van der Waals surface area (Å²) < 4.78 is 12.5. The lowest BCUT2D eigenvalue weighted by atomic mass is 9.94. The minimum absolute atomic E-state index is 0.0314. The minimum atomic E-state index is -0.863. The van der Waals surface area contributed by atoms with Crippen LogP contribution in [-0.4, -0.2) is 28.7 Å². The Hall–Kier alpha value is -2.47. The number of halogens is 1. The van der Waals surface area contributed by atoms with Crippen LogP contribution in [0.25, 0.3) is 0 Å². The SMILES string of the molecule is COc1ccc(C2=NN3C(C2)c2cc(Br)ccc2OC3(C)/C=C(\C)O)cc1. The quantitative estimate of drug-likeness (QED) is 0.684. The number of methoxy groups -OCH3 is 1. The zero-order valence-corrected chi connectivity index (χ0v) is 17.0. The van der Waals surface area contributed by atoms with Crippen molar-refractivity contribution in [2.24, 2.45) is 5.10 Å². The lowest BCUT2D eigenvalue weighted by molar-refractivity contribution is -0.0698. The maximum Gasteiger partial charge on any atom is 0.218 e. The van der Waals surface area contributed by atoms with Gasteiger partial charge in [0, 0.05) is 29.5 Å². The van der Waals surface area contributed by atoms with E-state index in [4.69, 9.17) is 14.6 Å². The van der Waals surface area contributed by atoms with Crippen LogP contribution < -0.4 is 9.47 Å². The van der Waals surface area contributed by atoms with Gasteiger partial charge in [-0.3, -0.25) is 0 Å². The normalized spacial score (nSPS) is 24.0. The van der Waals surface area contributed by atoms with Crippen LogP contribution in [0.2, 0.25) is 0 Å². The number of rotatable bonds is 3. The predicted molar refractivity (Wildman–Crippen MR) is 108 cm³/mol. The van der Waals surface area contributed by atoms with Crippen LogP contribution in [-0.2, 0) is 0 Å². The molecule has 2 aliphatic rings. The van der Waals surface area contributed by atoms with Crippen LogP contribution in [0.3, 0.4) is 0 Å². The highest BCUT2D eigenvalue weighted by Gasteiger charge is 2.46. The van der Waals surface area contributed by atoms with E-state index in [1.807, 2.05) is 48.3 Å². The Bertz CT molecular complexity index is 935. The van der Waals surface area contributed by atoms with Crippen LogP contribution in [0.5, 0.6) is 11.5 Å². The monoisotopic (exact) mass is 428 g/mol. The van der Waals surface area contributed by atoms with Crippen LogP contribution in [0, 0.1) is 0 Å². The number of benzene rings is 2. The topological polar surface area (TPSA) is 54.3 Å². The summed E-state index contributed by atoms with van der Waals surface area (Å²) in [5.41, 5.74) is 2.25. The average molecular weight is 429 g/mol. The summed E-state index contributed by atoms with van der Waals surface area (Å²) in [6.45, 7) is 3.57. The van der Waals surface area contributed by atoms with E-state index in [2.05, 4.69) is 22.0 Å². The molecule has 0 radical (unpaired) electrons. The molecular formula is C21H21BrN2O3. The van der Waals surface area contributed by atoms with Gasteiger partial charge in [-0.15, -0.1) is 0 Å². The Morgan fingerprint density at radius 1 is 1.33 bits per heavy atom. The van der Waals surface area contributed by atoms with E-state index in [0.717, 1.165) is 39.2 Å². The number of fused-ring (bicyclic) bond motifs is 3. The fourth-order valence-corrected chi connectivity index (χ4v) is 4.12. The first-order valence-electron chi connectivity index (χ1n) is 8.78. The van der Waals surface area contributed by atoms with Gasteiger partial charge in [0.15, 0.2) is 0 Å². The van der Waals surface area contributed by atoms with Crippen molar-refractivity contribution in [3.05, 3.63) is 69.9 Å². The zero-order chi connectivity index (χ0) is 19.2. The lowest BCUT2D eigenvalue weighted by Crippen LogP contribution is -2.50. The zero-order valence-electron chi connectivity index (χ0n) is 15.4. The van der Waals surface area contributed by atoms with E-state index in [9.17, 15) is 5.11 Å². The molecule has 0 aromatic heterocycles. The number of nitrogens with zero attached hydrogens (tertiary/aromatic N) is 2. The molecule has 0 aliphatic carbocycles. The molecule has 0 amide bonds. The second kappa shape index (κ2) is 6.60. The highest BCUT2D eigenvalue weighted by molar-refractivity contribution is 9.10. The number of hydrogen-bond donors (Lipinski definition) is 1. The van der Waals surface area contributed by atoms with E-state index in [1.54, 1.807) is 20.1 Å². The molecule has 2 atom stereocenters. The third kappa shape index (κ3) is 3.18. The summed E-state index contributed by atoms with van der Waals surface area (Å²) in [5.74, 6) is 1.83. The van der Waals surface area contributed by atoms with Crippen molar-refractivity contribution in [2.75, 3.05) is 7.11 Å². The van der Waals surface area contributed by atoms with Crippen molar-refractivity contribution in [2.45, 2.75) is 32.0 Å². The van der Waals surface area contributed by atoms with Gasteiger partial charge in [0.1, 0.15) is 11.5 Å². The molecule has 2 aromatic carbocycles. The summed E-state index contributed by atoms with van der Waals surface area (Å²) in [6.07, 6.45) is 2.46. The molecule has 27 heavy (non-hydrogen) atoms. The van der Waals surface area contributed by atoms with Gasteiger partial charge in [0.2, 0.25) is 5.72 Å². The molecule has 5 nitrogen and oxygen atoms in total. The fourth-order valence-electron chi connectivity index (χ4n) is 3.74. The molecular weight excluding hydrogens is 408 g/mol. The van der Waals surface area contributed by atoms with Gasteiger partial charge in [-0.05, 0) is 55.0 Å². The number of hydrazone groups is 1. The molecule has 0 saturated carbocycles. The number of aliphatic hydroxyl groups excluding tert-OH is 1. The van der Waals surface area contributed by atoms with Gasteiger partial charge in [-0.25, -0.2) is 5.01 Å². The Balaban J connectivity index is 1.79. The van der Waals surface area contributed by atoms with E-state index < -0.39 is 5.72 Å². The second-order valence-corrected chi connectivity index (χ2v) is 7.88. The Labute approximate surface area is 167 Å². The smallest absolute Gasteiger partial charge is 0.218 e. The molecule has 2 aromatic rings. The maximum atomic E-state index is 9.91. The third-order valence-corrected chi connectivity index (χ3v) is 5.41. The van der Waals surface area contributed by atoms with Crippen LogP contribution in [0.4, 0.5) is 0 Å². The van der Waals surface area contributed by atoms with Crippen LogP contribution >= 0.6 is 15.9 Å². The Morgan fingerprint density at radius 2 is 2.07 bits per heavy atom. The van der Waals surface area contributed by atoms with Crippen molar-refractivity contribution in [3.8, 4) is 11.5 Å². The molecule has 2 heterocycles. The minimum Gasteiger partial charge on any atom is -0.513 e. The second-order valence-electron chi connectivity index (χ2n) is 6.96. The fraction of sp³-hybridized carbons (Fsp3) is 0.286. The summed E-state index contributed by atoms with van der Waals surface area (Å²) in [7, 11) is 1.66. The number of hydrogen-bond acceptors (Lipinski definition) is 5. The number of aliphatic hydroxyl groups is 1. The van der Waals surface area contributed by atoms with E-state index in [0.29, 0.717) is 0 Å². The molecule has 2 unspecified atom stereocenters. The van der Waals surface area contributed by atoms with Gasteiger partial charge in [-0.1, -0.05) is 15.9 Å². The summed E-state index contributed by atoms with van der Waals surface area (Å²) >= 11 is 3.55. The van der Waals surface area contributed by atoms with Gasteiger partial charge >= 0.3 is 0 Å². The number of ether oxygens (including phenoxy) is 2. The molecule has 1 N–H and O–H groups in total. The van der Waals surface area contributed by atoms with Crippen molar-refractivity contribution in [1.82, 2.24) is 5.01 Å². The molecule has 0 fully saturated rings. The van der Waals surface area contributed by atoms with Gasteiger partial charge in [0.05, 0.1) is 24.6 Å². The molecule has 6 heteroatoms. The Morgan fingerprint density at radius 3 is 2.74 bits per heavy atom. The number of allylic oxidation sites excluding steroid dienone is 1. The Kier molecular flexibility index (Phi) is 4.38. The van der Waals surface area contributed by atoms with Gasteiger partial charge < -0.3 is 14.6 Å². The molecule has 4 rings (SSSR count). The first-order valence-corrected chi connectivity index (χ1v) is 9.57. The van der Waals surface area contributed by atoms with Crippen LogP contribution in [0.1, 0.15) is 37.4 Å². The van der Waals surface area contributed by atoms with Crippen molar-refractivity contribution < 1.29 is 14.6 Å². The lowest BCUT2D eigenvalue weighted by Gasteiger charge is -2.44. The highest BCUT2D eigenvalue weighted by Crippen LogP contribution is 2.48. The molecule has 0 saturated heterocycles. The molecule has 2 aliphatic heterocycles. The highest BCUT2D eigenvalue weighted by atomic mass is 79.9. The molecule has 140 valence electrons. The molecule has 0 bridgehead atoms. The van der Waals surface area contributed by atoms with Crippen molar-refractivity contribution in [3.63, 3.8) is 0 Å². The first kappa shape index (κ1) is 17.9. The van der Waals surface area contributed by atoms with E-state index >= 15 is 0 Å². The third-order valence-electron chi connectivity index (χ3n) is 4.91. The summed E-state index contributed by atoms with van der Waals surface area (Å²) in [4.78, 5) is 0. The van der Waals surface area contributed by atoms with E-state index in [1.165, 1.54) is 0 Å².